The van der Waals surface area contributed by atoms with Crippen molar-refractivity contribution >= 4 is 22.7 Å². The number of anilines is 1. The fourth-order valence-electron chi connectivity index (χ4n) is 4.67. The lowest BCUT2D eigenvalue weighted by molar-refractivity contribution is -0.148. The van der Waals surface area contributed by atoms with E-state index in [1.165, 1.54) is 5.56 Å². The highest BCUT2D eigenvalue weighted by Gasteiger charge is 2.28. The predicted molar refractivity (Wildman–Crippen MR) is 138 cm³/mol. The number of carbonyl (C=O) groups is 1. The van der Waals surface area contributed by atoms with Crippen LogP contribution in [0.15, 0.2) is 48.5 Å². The summed E-state index contributed by atoms with van der Waals surface area (Å²) in [5.41, 5.74) is 3.19. The maximum atomic E-state index is 12.2. The smallest absolute Gasteiger partial charge is 0.309 e. The van der Waals surface area contributed by atoms with E-state index in [1.54, 1.807) is 14.2 Å². The average Bonchev–Trinajstić information content (AvgIpc) is 2.91. The topological polar surface area (TPSA) is 72.9 Å². The number of hydrogen-bond donors (Lipinski definition) is 1. The van der Waals surface area contributed by atoms with Crippen molar-refractivity contribution in [3.8, 4) is 11.5 Å². The average molecular weight is 478 g/mol. The van der Waals surface area contributed by atoms with Gasteiger partial charge in [-0.2, -0.15) is 0 Å². The second kappa shape index (κ2) is 11.9. The number of ether oxygens (including phenoxy) is 3. The summed E-state index contributed by atoms with van der Waals surface area (Å²) in [6.45, 7) is 5.33. The molecular weight excluding hydrogens is 442 g/mol. The molecule has 1 aliphatic rings. The number of nitrogens with one attached hydrogen (secondary N) is 1. The van der Waals surface area contributed by atoms with Crippen LogP contribution in [0.5, 0.6) is 11.5 Å². The van der Waals surface area contributed by atoms with Crippen LogP contribution in [-0.4, -0.2) is 51.4 Å². The minimum Gasteiger partial charge on any atom is -0.496 e. The van der Waals surface area contributed by atoms with Gasteiger partial charge in [-0.1, -0.05) is 30.3 Å². The molecule has 2 heterocycles. The summed E-state index contributed by atoms with van der Waals surface area (Å²) in [7, 11) is 3.33. The number of piperidine rings is 1. The summed E-state index contributed by atoms with van der Waals surface area (Å²) < 4.78 is 16.5. The van der Waals surface area contributed by atoms with Gasteiger partial charge in [0.05, 0.1) is 26.7 Å². The van der Waals surface area contributed by atoms with Gasteiger partial charge in [-0.25, -0.2) is 4.98 Å². The van der Waals surface area contributed by atoms with Gasteiger partial charge in [0, 0.05) is 30.6 Å². The minimum atomic E-state index is -0.0900. The van der Waals surface area contributed by atoms with Gasteiger partial charge in [-0.15, -0.1) is 0 Å². The van der Waals surface area contributed by atoms with E-state index in [-0.39, 0.29) is 11.9 Å². The van der Waals surface area contributed by atoms with Gasteiger partial charge in [0.25, 0.3) is 0 Å². The van der Waals surface area contributed by atoms with E-state index in [2.05, 4.69) is 40.5 Å². The molecule has 1 saturated heterocycles. The first-order chi connectivity index (χ1) is 17.1. The van der Waals surface area contributed by atoms with Crippen LogP contribution in [0.2, 0.25) is 0 Å². The first kappa shape index (κ1) is 24.8. The number of benzene rings is 2. The first-order valence-electron chi connectivity index (χ1n) is 12.4. The highest BCUT2D eigenvalue weighted by molar-refractivity contribution is 5.92. The lowest BCUT2D eigenvalue weighted by atomic mass is 9.96. The van der Waals surface area contributed by atoms with E-state index in [0.29, 0.717) is 18.9 Å². The molecule has 7 nitrogen and oxygen atoms in total. The van der Waals surface area contributed by atoms with Crippen molar-refractivity contribution in [3.05, 3.63) is 59.7 Å². The van der Waals surface area contributed by atoms with Gasteiger partial charge in [-0.3, -0.25) is 4.79 Å². The number of rotatable bonds is 10. The third-order valence-electron chi connectivity index (χ3n) is 6.57. The number of pyridine rings is 1. The van der Waals surface area contributed by atoms with E-state index in [4.69, 9.17) is 19.2 Å². The molecular formula is C28H35N3O4. The lowest BCUT2D eigenvalue weighted by Gasteiger charge is -2.33. The van der Waals surface area contributed by atoms with E-state index < -0.39 is 0 Å². The summed E-state index contributed by atoms with van der Waals surface area (Å²) in [6.07, 6.45) is 2.47. The first-order valence-corrected chi connectivity index (χ1v) is 12.4. The monoisotopic (exact) mass is 477 g/mol. The van der Waals surface area contributed by atoms with Gasteiger partial charge < -0.3 is 24.4 Å². The molecule has 1 fully saturated rings. The molecule has 1 aliphatic heterocycles. The maximum Gasteiger partial charge on any atom is 0.309 e. The quantitative estimate of drug-likeness (QED) is 0.343. The van der Waals surface area contributed by atoms with Crippen LogP contribution in [0.4, 0.5) is 5.82 Å². The normalized spacial score (nSPS) is 14.2. The van der Waals surface area contributed by atoms with E-state index >= 15 is 0 Å². The molecule has 1 N–H and O–H groups in total. The Bertz CT molecular complexity index is 1130. The van der Waals surface area contributed by atoms with Crippen LogP contribution < -0.4 is 19.7 Å². The Morgan fingerprint density at radius 3 is 2.46 bits per heavy atom. The Hall–Kier alpha value is -3.32. The van der Waals surface area contributed by atoms with Crippen molar-refractivity contribution in [1.29, 1.82) is 0 Å². The van der Waals surface area contributed by atoms with Crippen molar-refractivity contribution in [2.45, 2.75) is 32.7 Å². The van der Waals surface area contributed by atoms with Crippen molar-refractivity contribution in [2.75, 3.05) is 45.4 Å². The number of nitrogens with zero attached hydrogens (tertiary/aromatic N) is 2. The van der Waals surface area contributed by atoms with Crippen LogP contribution in [0.3, 0.4) is 0 Å². The third kappa shape index (κ3) is 5.85. The number of aromatic nitrogens is 1. The molecule has 2 aromatic carbocycles. The molecule has 3 aromatic rings. The zero-order chi connectivity index (χ0) is 24.6. The molecule has 0 radical (unpaired) electrons. The molecule has 0 atom stereocenters. The van der Waals surface area contributed by atoms with Gasteiger partial charge in [0.2, 0.25) is 0 Å². The van der Waals surface area contributed by atoms with Crippen LogP contribution in [0.25, 0.3) is 10.9 Å². The van der Waals surface area contributed by atoms with Crippen molar-refractivity contribution in [3.63, 3.8) is 0 Å². The van der Waals surface area contributed by atoms with Gasteiger partial charge in [-0.05, 0) is 56.5 Å². The molecule has 0 spiro atoms. The molecule has 1 aromatic heterocycles. The van der Waals surface area contributed by atoms with Crippen LogP contribution in [0.1, 0.15) is 30.9 Å². The second-order valence-electron chi connectivity index (χ2n) is 8.76. The number of carbonyl (C=O) groups excluding carboxylic acids is 1. The summed E-state index contributed by atoms with van der Waals surface area (Å²) >= 11 is 0. The number of methoxy groups -OCH3 is 2. The molecule has 0 aliphatic carbocycles. The van der Waals surface area contributed by atoms with E-state index in [0.717, 1.165) is 66.9 Å². The maximum absolute atomic E-state index is 12.2. The van der Waals surface area contributed by atoms with E-state index in [9.17, 15) is 4.79 Å². The highest BCUT2D eigenvalue weighted by Crippen LogP contribution is 2.36. The summed E-state index contributed by atoms with van der Waals surface area (Å²) in [5.74, 6) is 2.28. The number of hydrogen-bond acceptors (Lipinski definition) is 7. The summed E-state index contributed by atoms with van der Waals surface area (Å²) in [4.78, 5) is 19.6. The zero-order valence-electron chi connectivity index (χ0n) is 20.9. The molecule has 0 amide bonds. The Morgan fingerprint density at radius 2 is 1.77 bits per heavy atom. The Labute approximate surface area is 207 Å². The molecule has 0 unspecified atom stereocenters. The van der Waals surface area contributed by atoms with Gasteiger partial charge >= 0.3 is 5.97 Å². The molecule has 4 rings (SSSR count). The Kier molecular flexibility index (Phi) is 8.42. The summed E-state index contributed by atoms with van der Waals surface area (Å²) in [5, 5.41) is 4.52. The standard InChI is InChI=1S/C28H35N3O4/c1-4-35-28(32)21-13-16-31(17-14-21)27-22(19-29-15-12-20-8-6-5-7-9-20)18-23-24(33-2)10-11-25(34-3)26(23)30-27/h5-11,18,21,29H,4,12-17,19H2,1-3H3. The SMILES string of the molecule is CCOC(=O)C1CCN(c2nc3c(OC)ccc(OC)c3cc2CNCCc2ccccc2)CC1. The van der Waals surface area contributed by atoms with Gasteiger partial charge in [0.1, 0.15) is 22.8 Å². The molecule has 35 heavy (non-hydrogen) atoms. The second-order valence-corrected chi connectivity index (χ2v) is 8.76. The number of esters is 1. The third-order valence-corrected chi connectivity index (χ3v) is 6.57. The fourth-order valence-corrected chi connectivity index (χ4v) is 4.67. The Balaban J connectivity index is 1.58. The molecule has 7 heteroatoms. The molecule has 0 saturated carbocycles. The van der Waals surface area contributed by atoms with Crippen LogP contribution >= 0.6 is 0 Å². The van der Waals surface area contributed by atoms with Crippen molar-refractivity contribution < 1.29 is 19.0 Å². The van der Waals surface area contributed by atoms with E-state index in [1.807, 2.05) is 25.1 Å². The fraction of sp³-hybridized carbons (Fsp3) is 0.429. The zero-order valence-corrected chi connectivity index (χ0v) is 20.9. The summed E-state index contributed by atoms with van der Waals surface area (Å²) in [6, 6.07) is 16.4. The van der Waals surface area contributed by atoms with Crippen molar-refractivity contribution in [1.82, 2.24) is 10.3 Å². The Morgan fingerprint density at radius 1 is 1.06 bits per heavy atom. The minimum absolute atomic E-state index is 0.0475. The van der Waals surface area contributed by atoms with Crippen molar-refractivity contribution in [2.24, 2.45) is 5.92 Å². The molecule has 186 valence electrons. The van der Waals surface area contributed by atoms with Crippen LogP contribution in [-0.2, 0) is 22.5 Å². The largest absolute Gasteiger partial charge is 0.496 e. The highest BCUT2D eigenvalue weighted by atomic mass is 16.5. The molecule has 0 bridgehead atoms. The number of fused-ring (bicyclic) bond motifs is 1. The van der Waals surface area contributed by atoms with Gasteiger partial charge in [0.15, 0.2) is 0 Å². The lowest BCUT2D eigenvalue weighted by Crippen LogP contribution is -2.38. The predicted octanol–water partition coefficient (Wildman–Crippen LogP) is 4.36. The van der Waals surface area contributed by atoms with Crippen LogP contribution in [0, 0.1) is 5.92 Å².